The molecule has 1 aliphatic rings. The minimum atomic E-state index is -0.279. The van der Waals surface area contributed by atoms with Crippen molar-refractivity contribution in [3.05, 3.63) is 53.6 Å². The van der Waals surface area contributed by atoms with E-state index in [0.717, 1.165) is 43.4 Å². The van der Waals surface area contributed by atoms with Crippen LogP contribution in [0.25, 0.3) is 0 Å². The molecule has 0 spiro atoms. The van der Waals surface area contributed by atoms with Crippen molar-refractivity contribution in [3.63, 3.8) is 0 Å². The van der Waals surface area contributed by atoms with Gasteiger partial charge in [-0.2, -0.15) is 0 Å². The van der Waals surface area contributed by atoms with Gasteiger partial charge in [0, 0.05) is 17.7 Å². The minimum absolute atomic E-state index is 0.0672. The van der Waals surface area contributed by atoms with Crippen molar-refractivity contribution in [2.75, 3.05) is 6.54 Å². The number of rotatable bonds is 8. The minimum Gasteiger partial charge on any atom is -0.507 e. The van der Waals surface area contributed by atoms with Gasteiger partial charge < -0.3 is 20.3 Å². The van der Waals surface area contributed by atoms with Crippen molar-refractivity contribution < 1.29 is 14.6 Å². The third kappa shape index (κ3) is 5.20. The first-order valence-electron chi connectivity index (χ1n) is 10.3. The Balaban J connectivity index is 1.65. The summed E-state index contributed by atoms with van der Waals surface area (Å²) in [6, 6.07) is 14.1. The molecule has 0 fully saturated rings. The molecule has 0 saturated carbocycles. The van der Waals surface area contributed by atoms with Crippen molar-refractivity contribution in [3.8, 4) is 17.2 Å². The summed E-state index contributed by atoms with van der Waals surface area (Å²) in [6.45, 7) is 6.83. The summed E-state index contributed by atoms with van der Waals surface area (Å²) >= 11 is 0. The SMILES string of the molecule is CC(CCCc1ccccc1)Oc1cc(O)c2c(c1)OC(C)(C)CC2CCN. The predicted molar refractivity (Wildman–Crippen MR) is 113 cm³/mol. The molecule has 4 heteroatoms. The van der Waals surface area contributed by atoms with Crippen LogP contribution in [0.3, 0.4) is 0 Å². The largest absolute Gasteiger partial charge is 0.507 e. The normalized spacial score (nSPS) is 18.8. The molecule has 4 nitrogen and oxygen atoms in total. The average Bonchev–Trinajstić information content (AvgIpc) is 2.61. The van der Waals surface area contributed by atoms with Gasteiger partial charge >= 0.3 is 0 Å². The Morgan fingerprint density at radius 2 is 2.00 bits per heavy atom. The van der Waals surface area contributed by atoms with Crippen LogP contribution in [-0.2, 0) is 6.42 Å². The van der Waals surface area contributed by atoms with Crippen LogP contribution in [0.15, 0.2) is 42.5 Å². The number of hydrogen-bond acceptors (Lipinski definition) is 4. The first kappa shape index (κ1) is 20.5. The molecule has 2 atom stereocenters. The number of benzene rings is 2. The Hall–Kier alpha value is -2.20. The molecule has 0 aliphatic carbocycles. The molecule has 3 rings (SSSR count). The Morgan fingerprint density at radius 3 is 2.71 bits per heavy atom. The highest BCUT2D eigenvalue weighted by Gasteiger charge is 2.35. The van der Waals surface area contributed by atoms with Crippen LogP contribution < -0.4 is 15.2 Å². The smallest absolute Gasteiger partial charge is 0.130 e. The fourth-order valence-corrected chi connectivity index (χ4v) is 4.16. The van der Waals surface area contributed by atoms with Gasteiger partial charge in [0.05, 0.1) is 6.10 Å². The molecule has 0 bridgehead atoms. The highest BCUT2D eigenvalue weighted by Crippen LogP contribution is 2.48. The molecule has 3 N–H and O–H groups in total. The maximum Gasteiger partial charge on any atom is 0.130 e. The number of aryl methyl sites for hydroxylation is 1. The first-order chi connectivity index (χ1) is 13.4. The molecule has 1 aliphatic heterocycles. The Morgan fingerprint density at radius 1 is 1.25 bits per heavy atom. The molecular weight excluding hydrogens is 350 g/mol. The van der Waals surface area contributed by atoms with Gasteiger partial charge in [-0.1, -0.05) is 30.3 Å². The lowest BCUT2D eigenvalue weighted by Crippen LogP contribution is -2.35. The number of fused-ring (bicyclic) bond motifs is 1. The van der Waals surface area contributed by atoms with Gasteiger partial charge in [0.1, 0.15) is 22.8 Å². The van der Waals surface area contributed by atoms with E-state index in [9.17, 15) is 5.11 Å². The zero-order valence-electron chi connectivity index (χ0n) is 17.3. The van der Waals surface area contributed by atoms with E-state index in [1.807, 2.05) is 12.1 Å². The molecule has 152 valence electrons. The van der Waals surface area contributed by atoms with Gasteiger partial charge in [0.15, 0.2) is 0 Å². The van der Waals surface area contributed by atoms with Crippen molar-refractivity contribution in [2.24, 2.45) is 5.73 Å². The summed E-state index contributed by atoms with van der Waals surface area (Å²) in [4.78, 5) is 0. The molecule has 0 saturated heterocycles. The number of phenolic OH excluding ortho intramolecular Hbond substituents is 1. The summed E-state index contributed by atoms with van der Waals surface area (Å²) in [5.74, 6) is 1.84. The molecule has 0 amide bonds. The van der Waals surface area contributed by atoms with Crippen LogP contribution in [0.2, 0.25) is 0 Å². The molecule has 2 aromatic rings. The van der Waals surface area contributed by atoms with Gasteiger partial charge in [-0.15, -0.1) is 0 Å². The summed E-state index contributed by atoms with van der Waals surface area (Å²) < 4.78 is 12.3. The Labute approximate surface area is 168 Å². The van der Waals surface area contributed by atoms with E-state index in [1.165, 1.54) is 5.56 Å². The fraction of sp³-hybridized carbons (Fsp3) is 0.500. The van der Waals surface area contributed by atoms with E-state index in [-0.39, 0.29) is 23.4 Å². The van der Waals surface area contributed by atoms with E-state index in [2.05, 4.69) is 45.0 Å². The van der Waals surface area contributed by atoms with Crippen LogP contribution in [0, 0.1) is 0 Å². The quantitative estimate of drug-likeness (QED) is 0.659. The summed E-state index contributed by atoms with van der Waals surface area (Å²) in [5, 5.41) is 10.6. The van der Waals surface area contributed by atoms with E-state index in [0.29, 0.717) is 12.3 Å². The van der Waals surface area contributed by atoms with Crippen LogP contribution in [0.4, 0.5) is 0 Å². The van der Waals surface area contributed by atoms with Gasteiger partial charge in [-0.25, -0.2) is 0 Å². The highest BCUT2D eigenvalue weighted by atomic mass is 16.5. The second-order valence-electron chi connectivity index (χ2n) is 8.50. The number of hydrogen-bond donors (Lipinski definition) is 2. The zero-order chi connectivity index (χ0) is 20.1. The van der Waals surface area contributed by atoms with Gasteiger partial charge in [0.2, 0.25) is 0 Å². The predicted octanol–water partition coefficient (Wildman–Crippen LogP) is 5.18. The third-order valence-electron chi connectivity index (χ3n) is 5.40. The van der Waals surface area contributed by atoms with Gasteiger partial charge in [-0.3, -0.25) is 0 Å². The number of phenols is 1. The lowest BCUT2D eigenvalue weighted by molar-refractivity contribution is 0.0689. The second kappa shape index (κ2) is 8.87. The molecular formula is C24H33NO3. The number of ether oxygens (including phenoxy) is 2. The summed E-state index contributed by atoms with van der Waals surface area (Å²) in [6.07, 6.45) is 4.81. The van der Waals surface area contributed by atoms with Crippen molar-refractivity contribution in [2.45, 2.75) is 70.5 Å². The van der Waals surface area contributed by atoms with Crippen LogP contribution in [0.5, 0.6) is 17.2 Å². The molecule has 28 heavy (non-hydrogen) atoms. The van der Waals surface area contributed by atoms with E-state index in [4.69, 9.17) is 15.2 Å². The topological polar surface area (TPSA) is 64.7 Å². The van der Waals surface area contributed by atoms with E-state index in [1.54, 1.807) is 6.07 Å². The number of aromatic hydroxyl groups is 1. The Bertz CT molecular complexity index is 773. The maximum absolute atomic E-state index is 10.6. The van der Waals surface area contributed by atoms with Crippen LogP contribution in [-0.4, -0.2) is 23.4 Å². The molecule has 2 aromatic carbocycles. The standard InChI is InChI=1S/C24H33NO3/c1-17(8-7-11-18-9-5-4-6-10-18)27-20-14-21(26)23-19(12-13-25)16-24(2,3)28-22(23)15-20/h4-6,9-10,14-15,17,19,26H,7-8,11-13,16,25H2,1-3H3. The summed E-state index contributed by atoms with van der Waals surface area (Å²) in [7, 11) is 0. The zero-order valence-corrected chi connectivity index (χ0v) is 17.3. The van der Waals surface area contributed by atoms with Crippen molar-refractivity contribution in [1.29, 1.82) is 0 Å². The van der Waals surface area contributed by atoms with Crippen molar-refractivity contribution >= 4 is 0 Å². The molecule has 2 unspecified atom stereocenters. The molecule has 0 aromatic heterocycles. The van der Waals surface area contributed by atoms with Gasteiger partial charge in [0.25, 0.3) is 0 Å². The first-order valence-corrected chi connectivity index (χ1v) is 10.3. The van der Waals surface area contributed by atoms with Crippen molar-refractivity contribution in [1.82, 2.24) is 0 Å². The third-order valence-corrected chi connectivity index (χ3v) is 5.40. The monoisotopic (exact) mass is 383 g/mol. The molecule has 0 radical (unpaired) electrons. The summed E-state index contributed by atoms with van der Waals surface area (Å²) in [5.41, 5.74) is 7.73. The second-order valence-corrected chi connectivity index (χ2v) is 8.50. The maximum atomic E-state index is 10.6. The molecule has 1 heterocycles. The van der Waals surface area contributed by atoms with Crippen LogP contribution in [0.1, 0.15) is 63.5 Å². The van der Waals surface area contributed by atoms with E-state index >= 15 is 0 Å². The fourth-order valence-electron chi connectivity index (χ4n) is 4.16. The average molecular weight is 384 g/mol. The van der Waals surface area contributed by atoms with Crippen LogP contribution >= 0.6 is 0 Å². The van der Waals surface area contributed by atoms with E-state index < -0.39 is 0 Å². The number of nitrogens with two attached hydrogens (primary N) is 1. The Kier molecular flexibility index (Phi) is 6.50. The lowest BCUT2D eigenvalue weighted by Gasteiger charge is -2.38. The highest BCUT2D eigenvalue weighted by molar-refractivity contribution is 5.53. The van der Waals surface area contributed by atoms with Gasteiger partial charge in [-0.05, 0) is 70.9 Å². The lowest BCUT2D eigenvalue weighted by atomic mass is 9.82.